The van der Waals surface area contributed by atoms with Crippen molar-refractivity contribution in [3.8, 4) is 0 Å². The highest BCUT2D eigenvalue weighted by Crippen LogP contribution is 2.37. The van der Waals surface area contributed by atoms with Crippen LogP contribution in [0, 0.1) is 5.92 Å². The fourth-order valence-electron chi connectivity index (χ4n) is 8.75. The Morgan fingerprint density at radius 3 is 2.50 bits per heavy atom. The van der Waals surface area contributed by atoms with Gasteiger partial charge in [-0.15, -0.1) is 0 Å². The Morgan fingerprint density at radius 1 is 1.00 bits per heavy atom. The van der Waals surface area contributed by atoms with E-state index in [1.807, 2.05) is 24.3 Å². The van der Waals surface area contributed by atoms with Crippen molar-refractivity contribution in [1.82, 2.24) is 38.5 Å². The van der Waals surface area contributed by atoms with Crippen LogP contribution < -0.4 is 21.2 Å². The molecule has 0 bridgehead atoms. The number of aromatic nitrogens is 6. The minimum atomic E-state index is -2.84. The van der Waals surface area contributed by atoms with Crippen LogP contribution in [0.5, 0.6) is 0 Å². The van der Waals surface area contributed by atoms with Gasteiger partial charge < -0.3 is 19.5 Å². The van der Waals surface area contributed by atoms with Gasteiger partial charge in [-0.1, -0.05) is 12.1 Å². The van der Waals surface area contributed by atoms with Gasteiger partial charge in [-0.3, -0.25) is 33.5 Å². The number of rotatable bonds is 9. The molecule has 1 aliphatic carbocycles. The van der Waals surface area contributed by atoms with Gasteiger partial charge in [0.25, 0.3) is 12.3 Å². The van der Waals surface area contributed by atoms with Crippen LogP contribution in [0.25, 0.3) is 16.6 Å². The van der Waals surface area contributed by atoms with Gasteiger partial charge in [0.2, 0.25) is 11.8 Å². The van der Waals surface area contributed by atoms with Gasteiger partial charge in [0.1, 0.15) is 12.4 Å². The number of carbonyl (C=O) groups is 3. The number of hydrogen-bond acceptors (Lipinski definition) is 8. The summed E-state index contributed by atoms with van der Waals surface area (Å²) >= 11 is 0. The van der Waals surface area contributed by atoms with Crippen LogP contribution in [0.3, 0.4) is 0 Å². The highest BCUT2D eigenvalue weighted by atomic mass is 19.3. The molecule has 16 heteroatoms. The topological polar surface area (TPSA) is 144 Å². The zero-order chi connectivity index (χ0) is 37.7. The van der Waals surface area contributed by atoms with Crippen molar-refractivity contribution in [3.05, 3.63) is 77.0 Å². The van der Waals surface area contributed by atoms with E-state index in [1.54, 1.807) is 39.0 Å². The second-order valence-electron chi connectivity index (χ2n) is 14.9. The molecule has 284 valence electrons. The highest BCUT2D eigenvalue weighted by molar-refractivity contribution is 6.07. The van der Waals surface area contributed by atoms with Crippen LogP contribution in [0.2, 0.25) is 0 Å². The number of anilines is 2. The van der Waals surface area contributed by atoms with E-state index in [0.717, 1.165) is 69.4 Å². The summed E-state index contributed by atoms with van der Waals surface area (Å²) in [5, 5.41) is 9.25. The number of alkyl halides is 2. The predicted molar refractivity (Wildman–Crippen MR) is 198 cm³/mol. The molecule has 1 atom stereocenters. The van der Waals surface area contributed by atoms with Gasteiger partial charge >= 0.3 is 5.69 Å². The molecule has 1 aromatic carbocycles. The van der Waals surface area contributed by atoms with E-state index in [0.29, 0.717) is 29.4 Å². The average molecular weight is 743 g/mol. The lowest BCUT2D eigenvalue weighted by Gasteiger charge is -2.40. The van der Waals surface area contributed by atoms with Crippen LogP contribution in [-0.4, -0.2) is 83.6 Å². The first-order chi connectivity index (χ1) is 26.1. The normalized spacial score (nSPS) is 21.4. The van der Waals surface area contributed by atoms with E-state index in [1.165, 1.54) is 17.1 Å². The van der Waals surface area contributed by atoms with Crippen molar-refractivity contribution in [1.29, 1.82) is 0 Å². The fraction of sp³-hybridized carbons (Fsp3) is 0.474. The summed E-state index contributed by atoms with van der Waals surface area (Å²) < 4.78 is 34.6. The van der Waals surface area contributed by atoms with Crippen molar-refractivity contribution in [2.45, 2.75) is 75.9 Å². The van der Waals surface area contributed by atoms with Crippen molar-refractivity contribution in [3.63, 3.8) is 0 Å². The Bertz CT molecular complexity index is 2280. The minimum Gasteiger partial charge on any atom is -0.370 e. The summed E-state index contributed by atoms with van der Waals surface area (Å²) in [5.74, 6) is -0.849. The van der Waals surface area contributed by atoms with E-state index in [2.05, 4.69) is 37.6 Å². The first kappa shape index (κ1) is 35.6. The number of aryl methyl sites for hydroxylation is 1. The van der Waals surface area contributed by atoms with Gasteiger partial charge in [-0.05, 0) is 82.2 Å². The number of pyridine rings is 1. The molecule has 4 aromatic heterocycles. The number of halogens is 2. The van der Waals surface area contributed by atoms with Crippen molar-refractivity contribution in [2.24, 2.45) is 13.0 Å². The number of hydrogen-bond donors (Lipinski definition) is 2. The van der Waals surface area contributed by atoms with E-state index in [4.69, 9.17) is 0 Å². The van der Waals surface area contributed by atoms with E-state index in [-0.39, 0.29) is 35.4 Å². The van der Waals surface area contributed by atoms with E-state index >= 15 is 0 Å². The third-order valence-corrected chi connectivity index (χ3v) is 11.6. The largest absolute Gasteiger partial charge is 0.370 e. The quantitative estimate of drug-likeness (QED) is 0.207. The Morgan fingerprint density at radius 2 is 1.76 bits per heavy atom. The highest BCUT2D eigenvalue weighted by Gasteiger charge is 2.34. The molecular weight excluding hydrogens is 698 g/mol. The number of nitrogens with one attached hydrogen (secondary N) is 2. The Balaban J connectivity index is 0.868. The van der Waals surface area contributed by atoms with E-state index < -0.39 is 30.0 Å². The summed E-state index contributed by atoms with van der Waals surface area (Å²) in [6.07, 6.45) is 7.88. The van der Waals surface area contributed by atoms with Gasteiger partial charge in [0, 0.05) is 51.5 Å². The van der Waals surface area contributed by atoms with Crippen molar-refractivity contribution >= 4 is 45.6 Å². The first-order valence-corrected chi connectivity index (χ1v) is 18.7. The van der Waals surface area contributed by atoms with Crippen LogP contribution in [-0.2, 0) is 16.6 Å². The SMILES string of the molecule is CN(C[C@H]1CC[C@H](n2cc(NC(=O)c3ncn4ccccc34)c(C(F)F)n2)CC1)C1CCN(c2cccc3c2n(C)c(=O)n3C2CCC(=O)NC2=O)CC1. The summed E-state index contributed by atoms with van der Waals surface area (Å²) in [7, 11) is 3.91. The maximum absolute atomic E-state index is 14.1. The standard InChI is InChI=1S/C38H44F2N10O4/c1-45(24-15-18-47(19-16-24)28-7-5-8-29-34(28)46(2)38(54)50(29)30-13-14-31(51)43-36(30)52)20-23-9-11-25(12-10-23)49-21-26(32(44-49)35(39)40)42-37(53)33-27-6-3-4-17-48(27)22-41-33/h3-8,17,21-25,30,35H,9-16,18-20H2,1-2H3,(H,42,53)(H,43,51,52)/t23-,25-,30?. The van der Waals surface area contributed by atoms with E-state index in [9.17, 15) is 28.0 Å². The molecule has 3 fully saturated rings. The number of imide groups is 1. The number of nitrogens with zero attached hydrogens (tertiary/aromatic N) is 8. The third kappa shape index (κ3) is 6.56. The molecule has 1 saturated carbocycles. The lowest BCUT2D eigenvalue weighted by Crippen LogP contribution is -2.45. The molecule has 3 aliphatic rings. The monoisotopic (exact) mass is 742 g/mol. The number of imidazole rings is 2. The van der Waals surface area contributed by atoms with Crippen molar-refractivity contribution < 1.29 is 23.2 Å². The molecule has 54 heavy (non-hydrogen) atoms. The molecule has 8 rings (SSSR count). The second-order valence-corrected chi connectivity index (χ2v) is 14.9. The number of fused-ring (bicyclic) bond motifs is 2. The lowest BCUT2D eigenvalue weighted by molar-refractivity contribution is -0.135. The van der Waals surface area contributed by atoms with Crippen LogP contribution >= 0.6 is 0 Å². The van der Waals surface area contributed by atoms with Gasteiger partial charge in [-0.25, -0.2) is 18.6 Å². The Labute approximate surface area is 309 Å². The minimum absolute atomic E-state index is 0.00521. The Kier molecular flexibility index (Phi) is 9.54. The third-order valence-electron chi connectivity index (χ3n) is 11.6. The summed E-state index contributed by atoms with van der Waals surface area (Å²) in [4.78, 5) is 59.9. The number of para-hydroxylation sites is 1. The molecule has 0 spiro atoms. The maximum Gasteiger partial charge on any atom is 0.329 e. The molecule has 1 unspecified atom stereocenters. The maximum atomic E-state index is 14.1. The van der Waals surface area contributed by atoms with Gasteiger partial charge in [-0.2, -0.15) is 5.10 Å². The molecule has 5 aromatic rings. The van der Waals surface area contributed by atoms with Crippen LogP contribution in [0.15, 0.2) is 59.9 Å². The number of carbonyl (C=O) groups excluding carboxylic acids is 3. The lowest BCUT2D eigenvalue weighted by atomic mass is 9.85. The number of amides is 3. The molecule has 14 nitrogen and oxygen atoms in total. The Hall–Kier alpha value is -5.38. The zero-order valence-electron chi connectivity index (χ0n) is 30.3. The summed E-state index contributed by atoms with van der Waals surface area (Å²) in [6.45, 7) is 2.58. The molecule has 0 radical (unpaired) electrons. The smallest absolute Gasteiger partial charge is 0.329 e. The van der Waals surface area contributed by atoms with Crippen LogP contribution in [0.4, 0.5) is 20.2 Å². The van der Waals surface area contributed by atoms with Crippen molar-refractivity contribution in [2.75, 3.05) is 36.9 Å². The number of benzene rings is 1. The van der Waals surface area contributed by atoms with Gasteiger partial charge in [0.05, 0.1) is 34.0 Å². The molecule has 6 heterocycles. The molecule has 3 amide bonds. The second kappa shape index (κ2) is 14.5. The zero-order valence-corrected chi connectivity index (χ0v) is 30.3. The summed E-state index contributed by atoms with van der Waals surface area (Å²) in [6, 6.07) is 10.8. The predicted octanol–water partition coefficient (Wildman–Crippen LogP) is 4.68. The molecule has 2 N–H and O–H groups in total. The molecule has 2 aliphatic heterocycles. The molecule has 2 saturated heterocycles. The number of piperidine rings is 2. The fourth-order valence-corrected chi connectivity index (χ4v) is 8.75. The van der Waals surface area contributed by atoms with Crippen LogP contribution in [0.1, 0.15) is 86.1 Å². The average Bonchev–Trinajstić information content (AvgIpc) is 3.87. The first-order valence-electron chi connectivity index (χ1n) is 18.7. The van der Waals surface area contributed by atoms with Gasteiger partial charge in [0.15, 0.2) is 11.4 Å². The summed E-state index contributed by atoms with van der Waals surface area (Å²) in [5.41, 5.74) is 2.47. The molecular formula is C38H44F2N10O4.